The molecule has 0 fully saturated rings. The van der Waals surface area contributed by atoms with Gasteiger partial charge in [-0.05, 0) is 55.8 Å². The molecule has 0 unspecified atom stereocenters. The number of hydrogen-bond donors (Lipinski definition) is 2. The molecule has 33 heavy (non-hydrogen) atoms. The lowest BCUT2D eigenvalue weighted by atomic mass is 10.2. The van der Waals surface area contributed by atoms with E-state index in [2.05, 4.69) is 27.4 Å². The average Bonchev–Trinajstić information content (AvgIpc) is 3.20. The van der Waals surface area contributed by atoms with Crippen molar-refractivity contribution in [2.75, 3.05) is 18.2 Å². The summed E-state index contributed by atoms with van der Waals surface area (Å²) < 4.78 is 6.97. The molecule has 1 heterocycles. The van der Waals surface area contributed by atoms with E-state index >= 15 is 0 Å². The van der Waals surface area contributed by atoms with Gasteiger partial charge in [-0.15, -0.1) is 16.8 Å². The second kappa shape index (κ2) is 11.3. The van der Waals surface area contributed by atoms with E-state index in [9.17, 15) is 9.59 Å². The quantitative estimate of drug-likeness (QED) is 0.347. The van der Waals surface area contributed by atoms with E-state index in [0.29, 0.717) is 28.8 Å². The van der Waals surface area contributed by atoms with Crippen molar-refractivity contribution >= 4 is 29.3 Å². The van der Waals surface area contributed by atoms with Crippen LogP contribution in [0.3, 0.4) is 0 Å². The number of aryl methyl sites for hydroxylation is 1. The van der Waals surface area contributed by atoms with Crippen LogP contribution in [0.4, 0.5) is 5.69 Å². The van der Waals surface area contributed by atoms with Crippen molar-refractivity contribution in [3.63, 3.8) is 0 Å². The maximum absolute atomic E-state index is 12.6. The highest BCUT2D eigenvalue weighted by Gasteiger charge is 2.20. The molecule has 0 aliphatic rings. The molecule has 0 radical (unpaired) electrons. The fraction of sp³-hybridized carbons (Fsp3) is 0.250. The van der Waals surface area contributed by atoms with Crippen LogP contribution < -0.4 is 15.4 Å². The lowest BCUT2D eigenvalue weighted by Gasteiger charge is -2.15. The molecule has 3 rings (SSSR count). The summed E-state index contributed by atoms with van der Waals surface area (Å²) in [4.78, 5) is 25.0. The molecule has 9 heteroatoms. The summed E-state index contributed by atoms with van der Waals surface area (Å²) in [7, 11) is 1.57. The van der Waals surface area contributed by atoms with Crippen molar-refractivity contribution < 1.29 is 14.3 Å². The zero-order valence-electron chi connectivity index (χ0n) is 18.9. The third kappa shape index (κ3) is 6.45. The number of benzene rings is 2. The molecule has 0 saturated carbocycles. The molecule has 2 N–H and O–H groups in total. The predicted molar refractivity (Wildman–Crippen MR) is 130 cm³/mol. The summed E-state index contributed by atoms with van der Waals surface area (Å²) in [5.74, 6) is 1.07. The van der Waals surface area contributed by atoms with Gasteiger partial charge in [0.05, 0.1) is 18.9 Å². The Morgan fingerprint density at radius 1 is 1.21 bits per heavy atom. The van der Waals surface area contributed by atoms with Crippen LogP contribution in [0.2, 0.25) is 0 Å². The van der Waals surface area contributed by atoms with Crippen LogP contribution in [0.5, 0.6) is 5.75 Å². The molecule has 172 valence electrons. The minimum atomic E-state index is -0.400. The van der Waals surface area contributed by atoms with Crippen LogP contribution in [-0.4, -0.2) is 39.4 Å². The number of nitrogens with one attached hydrogen (secondary N) is 2. The Bertz CT molecular complexity index is 1130. The number of carbonyl (C=O) groups excluding carboxylic acids is 2. The summed E-state index contributed by atoms with van der Waals surface area (Å²) in [6.45, 7) is 8.06. The summed E-state index contributed by atoms with van der Waals surface area (Å²) in [5.41, 5.74) is 2.34. The second-order valence-electron chi connectivity index (χ2n) is 7.37. The lowest BCUT2D eigenvalue weighted by Crippen LogP contribution is -2.28. The SMILES string of the molecule is C=CCn1c(SCC(=O)Nc2cccc(C)c2)nnc1[C@@H](C)NC(=O)c1ccc(OC)cc1. The smallest absolute Gasteiger partial charge is 0.251 e. The van der Waals surface area contributed by atoms with Crippen LogP contribution in [-0.2, 0) is 11.3 Å². The Hall–Kier alpha value is -3.59. The van der Waals surface area contributed by atoms with Gasteiger partial charge in [0, 0.05) is 17.8 Å². The Morgan fingerprint density at radius 3 is 2.64 bits per heavy atom. The normalized spacial score (nSPS) is 11.5. The largest absolute Gasteiger partial charge is 0.497 e. The second-order valence-corrected chi connectivity index (χ2v) is 8.31. The maximum Gasteiger partial charge on any atom is 0.251 e. The van der Waals surface area contributed by atoms with E-state index in [1.54, 1.807) is 37.5 Å². The van der Waals surface area contributed by atoms with Crippen molar-refractivity contribution in [3.05, 3.63) is 78.1 Å². The van der Waals surface area contributed by atoms with Crippen LogP contribution in [0.1, 0.15) is 34.7 Å². The number of methoxy groups -OCH3 is 1. The van der Waals surface area contributed by atoms with Gasteiger partial charge in [0.25, 0.3) is 5.91 Å². The van der Waals surface area contributed by atoms with Crippen LogP contribution in [0, 0.1) is 6.92 Å². The van der Waals surface area contributed by atoms with Crippen molar-refractivity contribution in [2.45, 2.75) is 31.6 Å². The topological polar surface area (TPSA) is 98.1 Å². The number of allylic oxidation sites excluding steroid dienone is 1. The van der Waals surface area contributed by atoms with Gasteiger partial charge in [0.15, 0.2) is 11.0 Å². The van der Waals surface area contributed by atoms with Gasteiger partial charge in [-0.2, -0.15) is 0 Å². The molecule has 3 aromatic rings. The molecule has 2 amide bonds. The minimum Gasteiger partial charge on any atom is -0.497 e. The number of nitrogens with zero attached hydrogens (tertiary/aromatic N) is 3. The highest BCUT2D eigenvalue weighted by atomic mass is 32.2. The van der Waals surface area contributed by atoms with E-state index in [-0.39, 0.29) is 17.6 Å². The number of rotatable bonds is 10. The van der Waals surface area contributed by atoms with Gasteiger partial charge >= 0.3 is 0 Å². The highest BCUT2D eigenvalue weighted by molar-refractivity contribution is 7.99. The fourth-order valence-corrected chi connectivity index (χ4v) is 3.92. The van der Waals surface area contributed by atoms with E-state index in [0.717, 1.165) is 11.3 Å². The molecule has 0 spiro atoms. The zero-order valence-corrected chi connectivity index (χ0v) is 19.7. The first-order valence-electron chi connectivity index (χ1n) is 10.4. The molecule has 2 aromatic carbocycles. The molecule has 1 aromatic heterocycles. The predicted octanol–water partition coefficient (Wildman–Crippen LogP) is 4.00. The van der Waals surface area contributed by atoms with E-state index < -0.39 is 6.04 Å². The highest BCUT2D eigenvalue weighted by Crippen LogP contribution is 2.22. The third-order valence-electron chi connectivity index (χ3n) is 4.78. The van der Waals surface area contributed by atoms with Gasteiger partial charge < -0.3 is 19.9 Å². The molecule has 8 nitrogen and oxygen atoms in total. The van der Waals surface area contributed by atoms with E-state index in [4.69, 9.17) is 4.74 Å². The number of carbonyl (C=O) groups is 2. The summed E-state index contributed by atoms with van der Waals surface area (Å²) in [6, 6.07) is 14.1. The maximum atomic E-state index is 12.6. The van der Waals surface area contributed by atoms with Gasteiger partial charge in [-0.1, -0.05) is 30.0 Å². The van der Waals surface area contributed by atoms with Crippen molar-refractivity contribution in [3.8, 4) is 5.75 Å². The van der Waals surface area contributed by atoms with E-state index in [1.807, 2.05) is 42.7 Å². The first-order valence-corrected chi connectivity index (χ1v) is 11.4. The lowest BCUT2D eigenvalue weighted by molar-refractivity contribution is -0.113. The molecule has 0 aliphatic carbocycles. The average molecular weight is 466 g/mol. The molecule has 0 bridgehead atoms. The number of thioether (sulfide) groups is 1. The van der Waals surface area contributed by atoms with Gasteiger partial charge in [0.2, 0.25) is 5.91 Å². The molecular weight excluding hydrogens is 438 g/mol. The standard InChI is InChI=1S/C24H27N5O3S/c1-5-13-29-22(17(3)25-23(31)18-9-11-20(32-4)12-10-18)27-28-24(29)33-15-21(30)26-19-8-6-7-16(2)14-19/h5-12,14,17H,1,13,15H2,2-4H3,(H,25,31)(H,26,30)/t17-/m1/s1. The molecule has 0 saturated heterocycles. The Kier molecular flexibility index (Phi) is 8.26. The van der Waals surface area contributed by atoms with Gasteiger partial charge in [0.1, 0.15) is 5.75 Å². The minimum absolute atomic E-state index is 0.138. The number of anilines is 1. The fourth-order valence-electron chi connectivity index (χ4n) is 3.16. The van der Waals surface area contributed by atoms with Crippen molar-refractivity contribution in [2.24, 2.45) is 0 Å². The Morgan fingerprint density at radius 2 is 1.97 bits per heavy atom. The summed E-state index contributed by atoms with van der Waals surface area (Å²) in [6.07, 6.45) is 1.72. The first kappa shape index (κ1) is 24.1. The zero-order chi connectivity index (χ0) is 23.8. The number of amides is 2. The van der Waals surface area contributed by atoms with Crippen LogP contribution in [0.25, 0.3) is 0 Å². The molecule has 1 atom stereocenters. The van der Waals surface area contributed by atoms with Crippen molar-refractivity contribution in [1.29, 1.82) is 0 Å². The Balaban J connectivity index is 1.65. The van der Waals surface area contributed by atoms with Gasteiger partial charge in [-0.25, -0.2) is 0 Å². The molecular formula is C24H27N5O3S. The summed E-state index contributed by atoms with van der Waals surface area (Å²) >= 11 is 1.28. The van der Waals surface area contributed by atoms with Crippen LogP contribution in [0.15, 0.2) is 66.3 Å². The molecule has 0 aliphatic heterocycles. The first-order chi connectivity index (χ1) is 15.9. The summed E-state index contributed by atoms with van der Waals surface area (Å²) in [5, 5.41) is 14.9. The van der Waals surface area contributed by atoms with Crippen LogP contribution >= 0.6 is 11.8 Å². The number of aromatic nitrogens is 3. The van der Waals surface area contributed by atoms with Crippen molar-refractivity contribution in [1.82, 2.24) is 20.1 Å². The van der Waals surface area contributed by atoms with E-state index in [1.165, 1.54) is 11.8 Å². The monoisotopic (exact) mass is 465 g/mol. The number of hydrogen-bond acceptors (Lipinski definition) is 6. The Labute approximate surface area is 197 Å². The number of ether oxygens (including phenoxy) is 1. The van der Waals surface area contributed by atoms with Gasteiger partial charge in [-0.3, -0.25) is 9.59 Å². The third-order valence-corrected chi connectivity index (χ3v) is 5.75.